The zero-order valence-corrected chi connectivity index (χ0v) is 42.5. The molecule has 402 valence electrons. The van der Waals surface area contributed by atoms with Crippen LogP contribution >= 0.6 is 0 Å². The van der Waals surface area contributed by atoms with Crippen LogP contribution in [0.5, 0.6) is 0 Å². The van der Waals surface area contributed by atoms with E-state index in [1.54, 1.807) is 0 Å². The fourth-order valence-electron chi connectivity index (χ4n) is 8.47. The maximum atomic E-state index is 13.0. The van der Waals surface area contributed by atoms with Gasteiger partial charge in [0.15, 0.2) is 18.7 Å². The molecule has 0 aromatic rings. The number of allylic oxidation sites excluding steroid dienone is 6. The van der Waals surface area contributed by atoms with Gasteiger partial charge in [0.2, 0.25) is 0 Å². The number of aliphatic hydroxyl groups is 7. The monoisotopic (exact) mass is 985 g/mol. The number of hydrogen-bond donors (Lipinski definition) is 7. The van der Waals surface area contributed by atoms with Crippen LogP contribution in [0.25, 0.3) is 0 Å². The lowest BCUT2D eigenvalue weighted by Gasteiger charge is -2.42. The van der Waals surface area contributed by atoms with Gasteiger partial charge in [-0.2, -0.15) is 0 Å². The Labute approximate surface area is 415 Å². The Hall–Kier alpha value is -2.28. The number of esters is 2. The van der Waals surface area contributed by atoms with Crippen LogP contribution in [0.3, 0.4) is 0 Å². The number of aliphatic hydroxyl groups excluding tert-OH is 7. The molecule has 2 saturated heterocycles. The standard InChI is InChI=1S/C54H96O15/c1-3-5-7-9-11-13-15-17-19-20-21-23-24-26-28-30-32-34-36-45(56)64-39-42(67-46(57)37-35-33-31-29-27-25-22-18-16-14-12-10-8-6-4-2)40-65-53-52(63)50(61)48(59)44(69-53)41-66-54-51(62)49(60)47(58)43(38-55)68-54/h6,8,12,14,18,22,42-44,47-55,58-63H,3-5,7,9-11,13,15-17,19-21,23-41H2,1-2H3/b8-6+,14-12+,22-18+/t42-,43+,44+,47-,48-,49?,50?,51?,52?,53+,54+/m0/s1. The maximum absolute atomic E-state index is 13.0. The third-order valence-electron chi connectivity index (χ3n) is 12.9. The third-order valence-corrected chi connectivity index (χ3v) is 12.9. The molecular weight excluding hydrogens is 889 g/mol. The largest absolute Gasteiger partial charge is 0.462 e. The van der Waals surface area contributed by atoms with Crippen molar-refractivity contribution in [3.05, 3.63) is 36.5 Å². The minimum Gasteiger partial charge on any atom is -0.462 e. The molecule has 15 nitrogen and oxygen atoms in total. The molecule has 0 bridgehead atoms. The van der Waals surface area contributed by atoms with E-state index in [9.17, 15) is 45.3 Å². The van der Waals surface area contributed by atoms with E-state index in [1.807, 2.05) is 0 Å². The number of carbonyl (C=O) groups excluding carboxylic acids is 2. The van der Waals surface area contributed by atoms with Gasteiger partial charge < -0.3 is 64.2 Å². The molecule has 0 aromatic carbocycles. The second-order valence-corrected chi connectivity index (χ2v) is 19.0. The number of hydrogen-bond acceptors (Lipinski definition) is 15. The van der Waals surface area contributed by atoms with Crippen molar-refractivity contribution in [2.75, 3.05) is 26.4 Å². The van der Waals surface area contributed by atoms with E-state index in [0.29, 0.717) is 12.8 Å². The number of unbranched alkanes of at least 4 members (excludes halogenated alkanes) is 22. The van der Waals surface area contributed by atoms with Gasteiger partial charge in [0, 0.05) is 12.8 Å². The van der Waals surface area contributed by atoms with Crippen LogP contribution in [0.2, 0.25) is 0 Å². The second-order valence-electron chi connectivity index (χ2n) is 19.0. The minimum absolute atomic E-state index is 0.147. The summed E-state index contributed by atoms with van der Waals surface area (Å²) >= 11 is 0. The van der Waals surface area contributed by atoms with Crippen LogP contribution in [-0.2, 0) is 38.0 Å². The normalized spacial score (nSPS) is 25.8. The van der Waals surface area contributed by atoms with Crippen molar-refractivity contribution in [1.82, 2.24) is 0 Å². The lowest BCUT2D eigenvalue weighted by molar-refractivity contribution is -0.332. The van der Waals surface area contributed by atoms with Gasteiger partial charge in [-0.25, -0.2) is 0 Å². The highest BCUT2D eigenvalue weighted by molar-refractivity contribution is 5.70. The SMILES string of the molecule is CC/C=C/C/C=C/C/C=C/CCCCCCCC(=O)O[C@@H](COC(=O)CCCCCCCCCCCCCCCCCCCC)CO[C@@H]1O[C@H](CO[C@@H]2O[C@H](CO)[C@H](O)C(O)C2O)[C@H](O)C(O)C1O. The van der Waals surface area contributed by atoms with Crippen molar-refractivity contribution in [2.24, 2.45) is 0 Å². The van der Waals surface area contributed by atoms with E-state index >= 15 is 0 Å². The molecule has 4 unspecified atom stereocenters. The highest BCUT2D eigenvalue weighted by Gasteiger charge is 2.47. The highest BCUT2D eigenvalue weighted by atomic mass is 16.7. The van der Waals surface area contributed by atoms with Crippen molar-refractivity contribution in [3.8, 4) is 0 Å². The van der Waals surface area contributed by atoms with E-state index in [-0.39, 0.29) is 26.1 Å². The lowest BCUT2D eigenvalue weighted by atomic mass is 9.98. The fourth-order valence-corrected chi connectivity index (χ4v) is 8.47. The van der Waals surface area contributed by atoms with Crippen molar-refractivity contribution in [2.45, 2.75) is 268 Å². The summed E-state index contributed by atoms with van der Waals surface area (Å²) in [7, 11) is 0. The van der Waals surface area contributed by atoms with Crippen LogP contribution < -0.4 is 0 Å². The summed E-state index contributed by atoms with van der Waals surface area (Å²) in [6.45, 7) is 2.48. The predicted octanol–water partition coefficient (Wildman–Crippen LogP) is 8.10. The average molecular weight is 985 g/mol. The van der Waals surface area contributed by atoms with Gasteiger partial charge in [0.05, 0.1) is 19.8 Å². The zero-order chi connectivity index (χ0) is 50.3. The van der Waals surface area contributed by atoms with Gasteiger partial charge >= 0.3 is 11.9 Å². The minimum atomic E-state index is -1.77. The van der Waals surface area contributed by atoms with Crippen molar-refractivity contribution < 1.29 is 73.8 Å². The van der Waals surface area contributed by atoms with E-state index in [2.05, 4.69) is 50.3 Å². The molecule has 2 aliphatic heterocycles. The fraction of sp³-hybridized carbons (Fsp3) is 0.852. The number of carbonyl (C=O) groups is 2. The molecule has 15 heteroatoms. The molecule has 69 heavy (non-hydrogen) atoms. The van der Waals surface area contributed by atoms with Crippen LogP contribution in [0, 0.1) is 0 Å². The van der Waals surface area contributed by atoms with Crippen LogP contribution in [0.15, 0.2) is 36.5 Å². The second kappa shape index (κ2) is 41.2. The highest BCUT2D eigenvalue weighted by Crippen LogP contribution is 2.26. The van der Waals surface area contributed by atoms with Crippen LogP contribution in [0.4, 0.5) is 0 Å². The molecule has 0 spiro atoms. The number of ether oxygens (including phenoxy) is 6. The molecule has 2 rings (SSSR count). The Kier molecular flexibility index (Phi) is 37.5. The molecule has 0 saturated carbocycles. The van der Waals surface area contributed by atoms with Gasteiger partial charge in [-0.15, -0.1) is 0 Å². The summed E-state index contributed by atoms with van der Waals surface area (Å²) in [4.78, 5) is 25.8. The molecule has 0 amide bonds. The van der Waals surface area contributed by atoms with Gasteiger partial charge in [-0.05, 0) is 44.9 Å². The predicted molar refractivity (Wildman–Crippen MR) is 266 cm³/mol. The Bertz CT molecular complexity index is 1340. The van der Waals surface area contributed by atoms with Crippen LogP contribution in [-0.4, -0.2) is 142 Å². The molecular formula is C54H96O15. The molecule has 0 aliphatic carbocycles. The van der Waals surface area contributed by atoms with Gasteiger partial charge in [-0.3, -0.25) is 9.59 Å². The first-order chi connectivity index (χ1) is 33.5. The summed E-state index contributed by atoms with van der Waals surface area (Å²) < 4.78 is 33.6. The van der Waals surface area contributed by atoms with Gasteiger partial charge in [0.25, 0.3) is 0 Å². The van der Waals surface area contributed by atoms with Crippen molar-refractivity contribution in [1.29, 1.82) is 0 Å². The molecule has 2 fully saturated rings. The molecule has 2 heterocycles. The zero-order valence-electron chi connectivity index (χ0n) is 42.5. The molecule has 7 N–H and O–H groups in total. The maximum Gasteiger partial charge on any atom is 0.306 e. The summed E-state index contributed by atoms with van der Waals surface area (Å²) in [6, 6.07) is 0. The van der Waals surface area contributed by atoms with Crippen molar-refractivity contribution >= 4 is 11.9 Å². The third kappa shape index (κ3) is 29.1. The van der Waals surface area contributed by atoms with Crippen molar-refractivity contribution in [3.63, 3.8) is 0 Å². The average Bonchev–Trinajstić information content (AvgIpc) is 3.34. The topological polar surface area (TPSA) is 231 Å². The Morgan fingerprint density at radius 1 is 0.478 bits per heavy atom. The lowest BCUT2D eigenvalue weighted by Crippen LogP contribution is -2.61. The van der Waals surface area contributed by atoms with E-state index in [1.165, 1.54) is 89.9 Å². The van der Waals surface area contributed by atoms with Gasteiger partial charge in [0.1, 0.15) is 55.4 Å². The van der Waals surface area contributed by atoms with E-state index in [4.69, 9.17) is 28.4 Å². The summed E-state index contributed by atoms with van der Waals surface area (Å²) in [5, 5.41) is 72.1. The van der Waals surface area contributed by atoms with Gasteiger partial charge in [-0.1, -0.05) is 179 Å². The van der Waals surface area contributed by atoms with E-state index < -0.39 is 92.7 Å². The molecule has 0 aromatic heterocycles. The quantitative estimate of drug-likeness (QED) is 0.0174. The smallest absolute Gasteiger partial charge is 0.306 e. The Morgan fingerprint density at radius 2 is 0.913 bits per heavy atom. The first kappa shape index (κ1) is 62.8. The Balaban J connectivity index is 1.78. The van der Waals surface area contributed by atoms with E-state index in [0.717, 1.165) is 70.6 Å². The van der Waals surface area contributed by atoms with Crippen LogP contribution in [0.1, 0.15) is 200 Å². The first-order valence-corrected chi connectivity index (χ1v) is 27.1. The first-order valence-electron chi connectivity index (χ1n) is 27.1. The molecule has 2 aliphatic rings. The summed E-state index contributed by atoms with van der Waals surface area (Å²) in [5.74, 6) is -0.938. The number of rotatable bonds is 42. The summed E-state index contributed by atoms with van der Waals surface area (Å²) in [6.07, 6.45) is 27.4. The Morgan fingerprint density at radius 3 is 1.43 bits per heavy atom. The molecule has 0 radical (unpaired) electrons. The summed E-state index contributed by atoms with van der Waals surface area (Å²) in [5.41, 5.74) is 0. The molecule has 11 atom stereocenters.